The first-order valence-corrected chi connectivity index (χ1v) is 4.37. The molecule has 0 heterocycles. The van der Waals surface area contributed by atoms with E-state index in [9.17, 15) is 4.79 Å². The van der Waals surface area contributed by atoms with Crippen LogP contribution in [0.25, 0.3) is 0 Å². The highest BCUT2D eigenvalue weighted by atomic mass is 16.4. The summed E-state index contributed by atoms with van der Waals surface area (Å²) < 4.78 is 0. The van der Waals surface area contributed by atoms with E-state index >= 15 is 0 Å². The van der Waals surface area contributed by atoms with E-state index in [1.54, 1.807) is 0 Å². The van der Waals surface area contributed by atoms with Crippen molar-refractivity contribution < 1.29 is 9.90 Å². The van der Waals surface area contributed by atoms with Gasteiger partial charge in [0.15, 0.2) is 0 Å². The van der Waals surface area contributed by atoms with Crippen molar-refractivity contribution in [1.82, 2.24) is 0 Å². The van der Waals surface area contributed by atoms with Crippen LogP contribution in [0, 0.1) is 17.8 Å². The lowest BCUT2D eigenvalue weighted by molar-refractivity contribution is -0.145. The zero-order valence-corrected chi connectivity index (χ0v) is 6.81. The SMILES string of the molecule is NC1C2C=CC(CC2)C1C(=O)O. The van der Waals surface area contributed by atoms with E-state index in [0.717, 1.165) is 12.8 Å². The molecule has 3 N–H and O–H groups in total. The Morgan fingerprint density at radius 2 is 1.92 bits per heavy atom. The van der Waals surface area contributed by atoms with Crippen molar-refractivity contribution in [2.24, 2.45) is 23.5 Å². The second-order valence-electron chi connectivity index (χ2n) is 3.73. The fourth-order valence-electron chi connectivity index (χ4n) is 2.38. The van der Waals surface area contributed by atoms with Crippen molar-refractivity contribution in [3.63, 3.8) is 0 Å². The average Bonchev–Trinajstić information content (AvgIpc) is 2.05. The maximum atomic E-state index is 10.8. The van der Waals surface area contributed by atoms with Crippen LogP contribution >= 0.6 is 0 Å². The fourth-order valence-corrected chi connectivity index (χ4v) is 2.38. The molecule has 4 unspecified atom stereocenters. The van der Waals surface area contributed by atoms with Gasteiger partial charge in [-0.15, -0.1) is 0 Å². The molecule has 12 heavy (non-hydrogen) atoms. The summed E-state index contributed by atoms with van der Waals surface area (Å²) in [5.41, 5.74) is 5.83. The predicted octanol–water partition coefficient (Wildman–Crippen LogP) is 0.611. The van der Waals surface area contributed by atoms with Crippen LogP contribution in [0.4, 0.5) is 0 Å². The van der Waals surface area contributed by atoms with Crippen LogP contribution in [0.1, 0.15) is 12.8 Å². The highest BCUT2D eigenvalue weighted by molar-refractivity contribution is 5.72. The number of aliphatic carboxylic acids is 1. The predicted molar refractivity (Wildman–Crippen MR) is 44.5 cm³/mol. The summed E-state index contributed by atoms with van der Waals surface area (Å²) in [7, 11) is 0. The zero-order chi connectivity index (χ0) is 8.72. The molecule has 0 saturated heterocycles. The van der Waals surface area contributed by atoms with Crippen LogP contribution in [0.5, 0.6) is 0 Å². The van der Waals surface area contributed by atoms with E-state index in [-0.39, 0.29) is 17.9 Å². The molecule has 3 heteroatoms. The van der Waals surface area contributed by atoms with E-state index in [1.165, 1.54) is 0 Å². The van der Waals surface area contributed by atoms with E-state index in [4.69, 9.17) is 10.8 Å². The van der Waals surface area contributed by atoms with Crippen LogP contribution in [0.3, 0.4) is 0 Å². The summed E-state index contributed by atoms with van der Waals surface area (Å²) in [5, 5.41) is 8.92. The summed E-state index contributed by atoms with van der Waals surface area (Å²) in [5.74, 6) is -0.589. The molecule has 3 aliphatic rings. The van der Waals surface area contributed by atoms with Crippen LogP contribution in [0.15, 0.2) is 12.2 Å². The third-order valence-corrected chi connectivity index (χ3v) is 3.09. The van der Waals surface area contributed by atoms with Gasteiger partial charge in [-0.25, -0.2) is 0 Å². The second-order valence-corrected chi connectivity index (χ2v) is 3.73. The van der Waals surface area contributed by atoms with Gasteiger partial charge in [-0.3, -0.25) is 4.79 Å². The van der Waals surface area contributed by atoms with Gasteiger partial charge in [-0.05, 0) is 24.7 Å². The first-order chi connectivity index (χ1) is 5.70. The summed E-state index contributed by atoms with van der Waals surface area (Å²) in [4.78, 5) is 10.8. The number of allylic oxidation sites excluding steroid dienone is 1. The van der Waals surface area contributed by atoms with Gasteiger partial charge in [0, 0.05) is 6.04 Å². The Hall–Kier alpha value is -0.830. The van der Waals surface area contributed by atoms with Crippen molar-refractivity contribution in [1.29, 1.82) is 0 Å². The molecule has 2 bridgehead atoms. The molecule has 3 aliphatic carbocycles. The molecular formula is C9H13NO2. The highest BCUT2D eigenvalue weighted by Crippen LogP contribution is 2.39. The normalized spacial score (nSPS) is 44.8. The smallest absolute Gasteiger partial charge is 0.308 e. The largest absolute Gasteiger partial charge is 0.481 e. The zero-order valence-electron chi connectivity index (χ0n) is 6.81. The number of carbonyl (C=O) groups is 1. The van der Waals surface area contributed by atoms with E-state index in [2.05, 4.69) is 6.08 Å². The number of nitrogens with two attached hydrogens (primary N) is 1. The molecular weight excluding hydrogens is 154 g/mol. The van der Waals surface area contributed by atoms with Crippen molar-refractivity contribution in [3.05, 3.63) is 12.2 Å². The second kappa shape index (κ2) is 2.59. The molecule has 0 amide bonds. The van der Waals surface area contributed by atoms with Crippen LogP contribution < -0.4 is 5.73 Å². The lowest BCUT2D eigenvalue weighted by atomic mass is 9.66. The van der Waals surface area contributed by atoms with E-state index < -0.39 is 5.97 Å². The maximum absolute atomic E-state index is 10.8. The Morgan fingerprint density at radius 3 is 2.25 bits per heavy atom. The van der Waals surface area contributed by atoms with Gasteiger partial charge in [0.2, 0.25) is 0 Å². The number of rotatable bonds is 1. The summed E-state index contributed by atoms with van der Waals surface area (Å²) in [6, 6.07) is -0.161. The van der Waals surface area contributed by atoms with Gasteiger partial charge in [0.1, 0.15) is 0 Å². The number of hydrogen-bond donors (Lipinski definition) is 2. The molecule has 0 aromatic heterocycles. The number of hydrogen-bond acceptors (Lipinski definition) is 2. The Bertz CT molecular complexity index is 237. The first-order valence-electron chi connectivity index (χ1n) is 4.37. The Kier molecular flexibility index (Phi) is 1.68. The third-order valence-electron chi connectivity index (χ3n) is 3.09. The first kappa shape index (κ1) is 7.80. The van der Waals surface area contributed by atoms with E-state index in [1.807, 2.05) is 6.08 Å². The summed E-state index contributed by atoms with van der Waals surface area (Å²) >= 11 is 0. The van der Waals surface area contributed by atoms with Gasteiger partial charge in [0.25, 0.3) is 0 Å². The molecule has 0 aromatic rings. The summed E-state index contributed by atoms with van der Waals surface area (Å²) in [6.45, 7) is 0. The summed E-state index contributed by atoms with van der Waals surface area (Å²) in [6.07, 6.45) is 6.16. The number of carboxylic acid groups (broad SMARTS) is 1. The standard InChI is InChI=1S/C9H13NO2/c10-8-6-3-1-5(2-4-6)7(8)9(11)12/h1,3,5-8H,2,4,10H2,(H,11,12). The number of carboxylic acids is 1. The van der Waals surface area contributed by atoms with Crippen LogP contribution in [0.2, 0.25) is 0 Å². The molecule has 66 valence electrons. The monoisotopic (exact) mass is 167 g/mol. The fraction of sp³-hybridized carbons (Fsp3) is 0.667. The molecule has 0 spiro atoms. The highest BCUT2D eigenvalue weighted by Gasteiger charge is 2.42. The Balaban J connectivity index is 2.26. The Labute approximate surface area is 71.3 Å². The minimum absolute atomic E-state index is 0.161. The third kappa shape index (κ3) is 0.966. The molecule has 1 saturated carbocycles. The van der Waals surface area contributed by atoms with Crippen LogP contribution in [-0.2, 0) is 4.79 Å². The molecule has 0 aliphatic heterocycles. The number of fused-ring (bicyclic) bond motifs is 2. The Morgan fingerprint density at radius 1 is 1.33 bits per heavy atom. The lowest BCUT2D eigenvalue weighted by Gasteiger charge is -2.40. The molecule has 0 aromatic carbocycles. The molecule has 4 atom stereocenters. The van der Waals surface area contributed by atoms with Gasteiger partial charge in [0.05, 0.1) is 5.92 Å². The lowest BCUT2D eigenvalue weighted by Crippen LogP contribution is -2.50. The van der Waals surface area contributed by atoms with Crippen molar-refractivity contribution in [2.75, 3.05) is 0 Å². The van der Waals surface area contributed by atoms with Gasteiger partial charge < -0.3 is 10.8 Å². The minimum Gasteiger partial charge on any atom is -0.481 e. The van der Waals surface area contributed by atoms with Crippen molar-refractivity contribution in [2.45, 2.75) is 18.9 Å². The van der Waals surface area contributed by atoms with Gasteiger partial charge in [-0.1, -0.05) is 12.2 Å². The van der Waals surface area contributed by atoms with Crippen molar-refractivity contribution in [3.8, 4) is 0 Å². The molecule has 3 rings (SSSR count). The molecule has 3 nitrogen and oxygen atoms in total. The van der Waals surface area contributed by atoms with Crippen molar-refractivity contribution >= 4 is 5.97 Å². The van der Waals surface area contributed by atoms with E-state index in [0.29, 0.717) is 5.92 Å². The van der Waals surface area contributed by atoms with Gasteiger partial charge >= 0.3 is 5.97 Å². The van der Waals surface area contributed by atoms with Gasteiger partial charge in [-0.2, -0.15) is 0 Å². The maximum Gasteiger partial charge on any atom is 0.308 e. The average molecular weight is 167 g/mol. The molecule has 1 fully saturated rings. The minimum atomic E-state index is -0.735. The topological polar surface area (TPSA) is 63.3 Å². The molecule has 0 radical (unpaired) electrons. The quantitative estimate of drug-likeness (QED) is 0.562. The van der Waals surface area contributed by atoms with Crippen LogP contribution in [-0.4, -0.2) is 17.1 Å².